The Bertz CT molecular complexity index is 697. The average molecular weight is 355 g/mol. The molecule has 2 aromatic heterocycles. The minimum atomic E-state index is -0.0227. The van der Waals surface area contributed by atoms with Crippen molar-refractivity contribution in [2.24, 2.45) is 0 Å². The van der Waals surface area contributed by atoms with E-state index in [2.05, 4.69) is 30.1 Å². The number of nitrogens with one attached hydrogen (secondary N) is 1. The van der Waals surface area contributed by atoms with Gasteiger partial charge in [0.1, 0.15) is 5.82 Å². The highest BCUT2D eigenvalue weighted by Gasteiger charge is 2.23. The molecule has 26 heavy (non-hydrogen) atoms. The van der Waals surface area contributed by atoms with Crippen LogP contribution < -0.4 is 10.2 Å². The molecule has 0 bridgehead atoms. The molecule has 2 aromatic rings. The van der Waals surface area contributed by atoms with Crippen LogP contribution in [0.15, 0.2) is 36.8 Å². The zero-order chi connectivity index (χ0) is 18.4. The van der Waals surface area contributed by atoms with Crippen molar-refractivity contribution in [3.63, 3.8) is 0 Å². The van der Waals surface area contributed by atoms with E-state index in [1.54, 1.807) is 18.6 Å². The van der Waals surface area contributed by atoms with Crippen LogP contribution in [-0.2, 0) is 0 Å². The number of hydrogen-bond donors (Lipinski definition) is 1. The first-order valence-corrected chi connectivity index (χ1v) is 8.79. The molecule has 0 aromatic carbocycles. The lowest BCUT2D eigenvalue weighted by Crippen LogP contribution is -2.49. The predicted molar refractivity (Wildman–Crippen MR) is 101 cm³/mol. The molecule has 0 unspecified atom stereocenters. The molecule has 0 radical (unpaired) electrons. The van der Waals surface area contributed by atoms with E-state index in [-0.39, 0.29) is 5.91 Å². The lowest BCUT2D eigenvalue weighted by molar-refractivity contribution is 0.0745. The SMILES string of the molecule is CN(C)CCNc1ncc(C(=O)N2CCN(c3ccccn3)CC2)cn1. The maximum atomic E-state index is 12.6. The summed E-state index contributed by atoms with van der Waals surface area (Å²) >= 11 is 0. The van der Waals surface area contributed by atoms with E-state index in [0.717, 1.165) is 32.0 Å². The van der Waals surface area contributed by atoms with E-state index in [4.69, 9.17) is 0 Å². The van der Waals surface area contributed by atoms with Crippen molar-refractivity contribution in [2.45, 2.75) is 0 Å². The predicted octanol–water partition coefficient (Wildman–Crippen LogP) is 0.807. The standard InChI is InChI=1S/C18H25N7O/c1-23(2)8-7-20-18-21-13-15(14-22-18)17(26)25-11-9-24(10-12-25)16-5-3-4-6-19-16/h3-6,13-14H,7-12H2,1-2H3,(H,20,21,22). The van der Waals surface area contributed by atoms with Crippen LogP contribution in [0, 0.1) is 0 Å². The van der Waals surface area contributed by atoms with Gasteiger partial charge in [-0.2, -0.15) is 0 Å². The van der Waals surface area contributed by atoms with Crippen LogP contribution in [0.25, 0.3) is 0 Å². The highest BCUT2D eigenvalue weighted by Crippen LogP contribution is 2.14. The van der Waals surface area contributed by atoms with Crippen molar-refractivity contribution in [3.05, 3.63) is 42.4 Å². The third-order valence-electron chi connectivity index (χ3n) is 4.28. The molecule has 1 aliphatic rings. The van der Waals surface area contributed by atoms with Crippen molar-refractivity contribution in [1.82, 2.24) is 24.8 Å². The number of anilines is 2. The molecule has 138 valence electrons. The zero-order valence-corrected chi connectivity index (χ0v) is 15.3. The average Bonchev–Trinajstić information content (AvgIpc) is 2.68. The van der Waals surface area contributed by atoms with Crippen molar-refractivity contribution in [3.8, 4) is 0 Å². The summed E-state index contributed by atoms with van der Waals surface area (Å²) in [5.74, 6) is 1.48. The lowest BCUT2D eigenvalue weighted by Gasteiger charge is -2.35. The summed E-state index contributed by atoms with van der Waals surface area (Å²) in [6.07, 6.45) is 4.98. The molecule has 1 N–H and O–H groups in total. The quantitative estimate of drug-likeness (QED) is 0.821. The normalized spacial score (nSPS) is 14.6. The molecule has 1 aliphatic heterocycles. The van der Waals surface area contributed by atoms with Crippen LogP contribution in [0.5, 0.6) is 0 Å². The third kappa shape index (κ3) is 4.66. The molecular formula is C18H25N7O. The number of pyridine rings is 1. The van der Waals surface area contributed by atoms with Gasteiger partial charge < -0.3 is 20.0 Å². The summed E-state index contributed by atoms with van der Waals surface area (Å²) in [4.78, 5) is 31.6. The lowest BCUT2D eigenvalue weighted by atomic mass is 10.2. The van der Waals surface area contributed by atoms with Gasteiger partial charge in [0.25, 0.3) is 5.91 Å². The van der Waals surface area contributed by atoms with Gasteiger partial charge in [0.15, 0.2) is 0 Å². The molecule has 3 heterocycles. The van der Waals surface area contributed by atoms with Crippen molar-refractivity contribution in [2.75, 3.05) is 63.6 Å². The fourth-order valence-corrected chi connectivity index (χ4v) is 2.78. The van der Waals surface area contributed by atoms with Gasteiger partial charge in [-0.3, -0.25) is 4.79 Å². The fraction of sp³-hybridized carbons (Fsp3) is 0.444. The molecule has 1 saturated heterocycles. The van der Waals surface area contributed by atoms with Crippen LogP contribution in [-0.4, -0.2) is 84.0 Å². The van der Waals surface area contributed by atoms with E-state index in [1.165, 1.54) is 0 Å². The number of likely N-dealkylation sites (N-methyl/N-ethyl adjacent to an activating group) is 1. The number of rotatable bonds is 6. The van der Waals surface area contributed by atoms with Gasteiger partial charge >= 0.3 is 0 Å². The van der Waals surface area contributed by atoms with Gasteiger partial charge in [0.2, 0.25) is 5.95 Å². The van der Waals surface area contributed by atoms with Crippen LogP contribution in [0.3, 0.4) is 0 Å². The third-order valence-corrected chi connectivity index (χ3v) is 4.28. The second kappa shape index (κ2) is 8.57. The monoisotopic (exact) mass is 355 g/mol. The Kier molecular flexibility index (Phi) is 5.96. The summed E-state index contributed by atoms with van der Waals surface area (Å²) in [6.45, 7) is 4.53. The summed E-state index contributed by atoms with van der Waals surface area (Å²) in [5, 5.41) is 3.14. The minimum Gasteiger partial charge on any atom is -0.353 e. The Morgan fingerprint density at radius 2 is 1.85 bits per heavy atom. The first kappa shape index (κ1) is 18.1. The largest absolute Gasteiger partial charge is 0.353 e. The molecule has 0 spiro atoms. The van der Waals surface area contributed by atoms with E-state index in [0.29, 0.717) is 24.6 Å². The first-order chi connectivity index (χ1) is 12.6. The molecule has 0 aliphatic carbocycles. The smallest absolute Gasteiger partial charge is 0.257 e. The molecule has 3 rings (SSSR count). The molecule has 0 atom stereocenters. The van der Waals surface area contributed by atoms with Crippen molar-refractivity contribution >= 4 is 17.7 Å². The van der Waals surface area contributed by atoms with Crippen LogP contribution in [0.4, 0.5) is 11.8 Å². The van der Waals surface area contributed by atoms with Crippen molar-refractivity contribution < 1.29 is 4.79 Å². The van der Waals surface area contributed by atoms with Crippen LogP contribution >= 0.6 is 0 Å². The van der Waals surface area contributed by atoms with Gasteiger partial charge in [-0.05, 0) is 26.2 Å². The molecular weight excluding hydrogens is 330 g/mol. The maximum Gasteiger partial charge on any atom is 0.257 e. The highest BCUT2D eigenvalue weighted by atomic mass is 16.2. The van der Waals surface area contributed by atoms with Crippen LogP contribution in [0.2, 0.25) is 0 Å². The second-order valence-corrected chi connectivity index (χ2v) is 6.49. The molecule has 1 amide bonds. The number of nitrogens with zero attached hydrogens (tertiary/aromatic N) is 6. The highest BCUT2D eigenvalue weighted by molar-refractivity contribution is 5.93. The Labute approximate surface area is 153 Å². The fourth-order valence-electron chi connectivity index (χ4n) is 2.78. The van der Waals surface area contributed by atoms with E-state index < -0.39 is 0 Å². The van der Waals surface area contributed by atoms with E-state index in [9.17, 15) is 4.79 Å². The number of carbonyl (C=O) groups excluding carboxylic acids is 1. The van der Waals surface area contributed by atoms with E-state index >= 15 is 0 Å². The summed E-state index contributed by atoms with van der Waals surface area (Å²) in [6, 6.07) is 5.88. The van der Waals surface area contributed by atoms with Gasteiger partial charge in [-0.25, -0.2) is 15.0 Å². The van der Waals surface area contributed by atoms with Gasteiger partial charge in [-0.1, -0.05) is 6.07 Å². The van der Waals surface area contributed by atoms with Gasteiger partial charge in [0, 0.05) is 57.9 Å². The summed E-state index contributed by atoms with van der Waals surface area (Å²) < 4.78 is 0. The Morgan fingerprint density at radius 1 is 1.12 bits per heavy atom. The summed E-state index contributed by atoms with van der Waals surface area (Å²) in [5.41, 5.74) is 0.523. The number of carbonyl (C=O) groups is 1. The number of aromatic nitrogens is 3. The number of hydrogen-bond acceptors (Lipinski definition) is 7. The molecule has 8 heteroatoms. The summed E-state index contributed by atoms with van der Waals surface area (Å²) in [7, 11) is 4.02. The number of piperazine rings is 1. The number of amides is 1. The zero-order valence-electron chi connectivity index (χ0n) is 15.3. The van der Waals surface area contributed by atoms with Crippen molar-refractivity contribution in [1.29, 1.82) is 0 Å². The molecule has 0 saturated carbocycles. The Balaban J connectivity index is 1.52. The van der Waals surface area contributed by atoms with E-state index in [1.807, 2.05) is 37.2 Å². The molecule has 1 fully saturated rings. The Morgan fingerprint density at radius 3 is 2.46 bits per heavy atom. The maximum absolute atomic E-state index is 12.6. The Hall–Kier alpha value is -2.74. The topological polar surface area (TPSA) is 77.5 Å². The second-order valence-electron chi connectivity index (χ2n) is 6.49. The molecule has 8 nitrogen and oxygen atoms in total. The van der Waals surface area contributed by atoms with Gasteiger partial charge in [-0.15, -0.1) is 0 Å². The van der Waals surface area contributed by atoms with Gasteiger partial charge in [0.05, 0.1) is 5.56 Å². The van der Waals surface area contributed by atoms with Crippen LogP contribution in [0.1, 0.15) is 10.4 Å². The first-order valence-electron chi connectivity index (χ1n) is 8.79. The minimum absolute atomic E-state index is 0.0227.